The van der Waals surface area contributed by atoms with Gasteiger partial charge in [-0.1, -0.05) is 11.6 Å². The van der Waals surface area contributed by atoms with Crippen molar-refractivity contribution in [2.24, 2.45) is 0 Å². The predicted molar refractivity (Wildman–Crippen MR) is 79.4 cm³/mol. The molecular weight excluding hydrogens is 287 g/mol. The lowest BCUT2D eigenvalue weighted by Gasteiger charge is -2.11. The van der Waals surface area contributed by atoms with Crippen LogP contribution in [0.15, 0.2) is 42.5 Å². The van der Waals surface area contributed by atoms with Crippen molar-refractivity contribution in [2.75, 3.05) is 10.6 Å². The molecule has 0 spiro atoms. The second-order valence-corrected chi connectivity index (χ2v) is 4.57. The molecule has 0 fully saturated rings. The summed E-state index contributed by atoms with van der Waals surface area (Å²) in [6, 6.07) is 10.7. The fourth-order valence-corrected chi connectivity index (χ4v) is 1.83. The van der Waals surface area contributed by atoms with Crippen LogP contribution in [0.4, 0.5) is 15.8 Å². The van der Waals surface area contributed by atoms with Gasteiger partial charge in [-0.05, 0) is 54.7 Å². The molecule has 3 nitrogen and oxygen atoms in total. The van der Waals surface area contributed by atoms with Crippen molar-refractivity contribution in [2.45, 2.75) is 0 Å². The van der Waals surface area contributed by atoms with Gasteiger partial charge in [-0.2, -0.15) is 0 Å². The number of nitrogens with one attached hydrogen (secondary N) is 2. The van der Waals surface area contributed by atoms with Crippen molar-refractivity contribution in [3.63, 3.8) is 0 Å². The van der Waals surface area contributed by atoms with Gasteiger partial charge in [-0.15, -0.1) is 0 Å². The second kappa shape index (κ2) is 5.86. The molecule has 6 heteroatoms. The number of benzene rings is 2. The van der Waals surface area contributed by atoms with E-state index in [1.54, 1.807) is 24.3 Å². The summed E-state index contributed by atoms with van der Waals surface area (Å²) < 4.78 is 13.0. The van der Waals surface area contributed by atoms with E-state index in [9.17, 15) is 4.39 Å². The fraction of sp³-hybridized carbons (Fsp3) is 0. The van der Waals surface area contributed by atoms with Gasteiger partial charge in [-0.25, -0.2) is 4.39 Å². The van der Waals surface area contributed by atoms with Gasteiger partial charge in [0.25, 0.3) is 0 Å². The average molecular weight is 297 g/mol. The summed E-state index contributed by atoms with van der Waals surface area (Å²) in [5.41, 5.74) is 1.31. The first-order valence-corrected chi connectivity index (χ1v) is 6.15. The molecule has 0 aliphatic rings. The van der Waals surface area contributed by atoms with Gasteiger partial charge in [0.05, 0.1) is 5.02 Å². The Kier molecular flexibility index (Phi) is 4.19. The summed E-state index contributed by atoms with van der Waals surface area (Å²) in [6.45, 7) is 0. The Balaban J connectivity index is 2.01. The van der Waals surface area contributed by atoms with Gasteiger partial charge < -0.3 is 15.7 Å². The van der Waals surface area contributed by atoms with Crippen LogP contribution in [0.3, 0.4) is 0 Å². The summed E-state index contributed by atoms with van der Waals surface area (Å²) >= 11 is 10.8. The number of anilines is 2. The van der Waals surface area contributed by atoms with Gasteiger partial charge in [0.2, 0.25) is 0 Å². The molecule has 2 aromatic carbocycles. The van der Waals surface area contributed by atoms with E-state index in [2.05, 4.69) is 10.6 Å². The van der Waals surface area contributed by atoms with E-state index in [-0.39, 0.29) is 10.8 Å². The highest BCUT2D eigenvalue weighted by Gasteiger charge is 2.03. The second-order valence-electron chi connectivity index (χ2n) is 3.75. The highest BCUT2D eigenvalue weighted by Crippen LogP contribution is 2.20. The summed E-state index contributed by atoms with van der Waals surface area (Å²) in [5, 5.41) is 15.3. The zero-order valence-corrected chi connectivity index (χ0v) is 11.2. The van der Waals surface area contributed by atoms with E-state index >= 15 is 0 Å². The summed E-state index contributed by atoms with van der Waals surface area (Å²) in [7, 11) is 0. The quantitative estimate of drug-likeness (QED) is 0.579. The Morgan fingerprint density at radius 1 is 1.05 bits per heavy atom. The lowest BCUT2D eigenvalue weighted by atomic mass is 10.3. The van der Waals surface area contributed by atoms with Crippen LogP contribution >= 0.6 is 23.8 Å². The summed E-state index contributed by atoms with van der Waals surface area (Å²) in [5.74, 6) is -0.306. The van der Waals surface area contributed by atoms with E-state index in [0.717, 1.165) is 5.69 Å². The zero-order chi connectivity index (χ0) is 13.8. The molecule has 0 atom stereocenters. The molecule has 0 amide bonds. The third kappa shape index (κ3) is 3.81. The SMILES string of the molecule is Oc1ccc(NC(=S)Nc2ccc(F)c(Cl)c2)cc1. The van der Waals surface area contributed by atoms with Gasteiger partial charge in [0.1, 0.15) is 11.6 Å². The summed E-state index contributed by atoms with van der Waals surface area (Å²) in [6.07, 6.45) is 0. The highest BCUT2D eigenvalue weighted by molar-refractivity contribution is 7.80. The largest absolute Gasteiger partial charge is 0.508 e. The van der Waals surface area contributed by atoms with Crippen molar-refractivity contribution in [1.82, 2.24) is 0 Å². The maximum absolute atomic E-state index is 13.0. The van der Waals surface area contributed by atoms with Crippen LogP contribution < -0.4 is 10.6 Å². The minimum absolute atomic E-state index is 0.0254. The Hall–Kier alpha value is -1.85. The number of aromatic hydroxyl groups is 1. The number of phenols is 1. The molecule has 98 valence electrons. The Morgan fingerprint density at radius 3 is 2.26 bits per heavy atom. The van der Waals surface area contributed by atoms with Crippen LogP contribution in [0.2, 0.25) is 5.02 Å². The monoisotopic (exact) mass is 296 g/mol. The van der Waals surface area contributed by atoms with E-state index < -0.39 is 5.82 Å². The van der Waals surface area contributed by atoms with E-state index in [1.165, 1.54) is 18.2 Å². The zero-order valence-electron chi connectivity index (χ0n) is 9.65. The number of hydrogen-bond acceptors (Lipinski definition) is 2. The van der Waals surface area contributed by atoms with Gasteiger partial charge >= 0.3 is 0 Å². The van der Waals surface area contributed by atoms with Crippen molar-refractivity contribution in [3.8, 4) is 5.75 Å². The molecular formula is C13H10ClFN2OS. The minimum Gasteiger partial charge on any atom is -0.508 e. The Bertz CT molecular complexity index is 604. The normalized spacial score (nSPS) is 10.0. The smallest absolute Gasteiger partial charge is 0.175 e. The molecule has 0 aliphatic carbocycles. The van der Waals surface area contributed by atoms with Crippen LogP contribution in [0, 0.1) is 5.82 Å². The topological polar surface area (TPSA) is 44.3 Å². The first-order valence-electron chi connectivity index (χ1n) is 5.37. The number of thiocarbonyl (C=S) groups is 1. The number of rotatable bonds is 2. The summed E-state index contributed by atoms with van der Waals surface area (Å²) in [4.78, 5) is 0. The van der Waals surface area contributed by atoms with Crippen LogP contribution in [-0.4, -0.2) is 10.2 Å². The van der Waals surface area contributed by atoms with Crippen LogP contribution in [-0.2, 0) is 0 Å². The van der Waals surface area contributed by atoms with E-state index in [4.69, 9.17) is 28.9 Å². The third-order valence-electron chi connectivity index (χ3n) is 2.30. The lowest BCUT2D eigenvalue weighted by Crippen LogP contribution is -2.18. The average Bonchev–Trinajstić information content (AvgIpc) is 2.37. The Morgan fingerprint density at radius 2 is 1.63 bits per heavy atom. The molecule has 0 heterocycles. The maximum Gasteiger partial charge on any atom is 0.175 e. The van der Waals surface area contributed by atoms with Gasteiger partial charge in [-0.3, -0.25) is 0 Å². The first-order chi connectivity index (χ1) is 9.04. The molecule has 3 N–H and O–H groups in total. The highest BCUT2D eigenvalue weighted by atomic mass is 35.5. The molecule has 2 aromatic rings. The third-order valence-corrected chi connectivity index (χ3v) is 2.80. The molecule has 0 saturated heterocycles. The van der Waals surface area contributed by atoms with Crippen molar-refractivity contribution < 1.29 is 9.50 Å². The minimum atomic E-state index is -0.482. The maximum atomic E-state index is 13.0. The number of phenolic OH excluding ortho intramolecular Hbond substituents is 1. The molecule has 2 rings (SSSR count). The molecule has 0 unspecified atom stereocenters. The fourth-order valence-electron chi connectivity index (χ4n) is 1.41. The number of hydrogen-bond donors (Lipinski definition) is 3. The van der Waals surface area contributed by atoms with Crippen LogP contribution in [0.25, 0.3) is 0 Å². The molecule has 0 aromatic heterocycles. The van der Waals surface area contributed by atoms with E-state index in [1.807, 2.05) is 0 Å². The van der Waals surface area contributed by atoms with E-state index in [0.29, 0.717) is 10.8 Å². The molecule has 0 radical (unpaired) electrons. The molecule has 19 heavy (non-hydrogen) atoms. The predicted octanol–water partition coefficient (Wildman–Crippen LogP) is 3.99. The molecule has 0 saturated carbocycles. The lowest BCUT2D eigenvalue weighted by molar-refractivity contribution is 0.475. The van der Waals surface area contributed by atoms with Gasteiger partial charge in [0.15, 0.2) is 5.11 Å². The molecule has 0 bridgehead atoms. The van der Waals surface area contributed by atoms with Crippen molar-refractivity contribution in [1.29, 1.82) is 0 Å². The van der Waals surface area contributed by atoms with Crippen LogP contribution in [0.5, 0.6) is 5.75 Å². The van der Waals surface area contributed by atoms with Crippen molar-refractivity contribution >= 4 is 40.3 Å². The van der Waals surface area contributed by atoms with Crippen LogP contribution in [0.1, 0.15) is 0 Å². The van der Waals surface area contributed by atoms with Gasteiger partial charge in [0, 0.05) is 11.4 Å². The Labute approximate surface area is 120 Å². The van der Waals surface area contributed by atoms with Crippen molar-refractivity contribution in [3.05, 3.63) is 53.3 Å². The number of halogens is 2. The standard InChI is InChI=1S/C13H10ClFN2OS/c14-11-7-9(3-6-12(11)15)17-13(19)16-8-1-4-10(18)5-2-8/h1-7,18H,(H2,16,17,19). The molecule has 0 aliphatic heterocycles. The first kappa shape index (κ1) is 13.6.